The van der Waals surface area contributed by atoms with E-state index in [-0.39, 0.29) is 11.9 Å². The van der Waals surface area contributed by atoms with Gasteiger partial charge in [-0.25, -0.2) is 4.98 Å². The molecule has 0 radical (unpaired) electrons. The quantitative estimate of drug-likeness (QED) is 0.426. The number of hydrogen-bond donors (Lipinski definition) is 0. The number of likely N-dealkylation sites (N-methyl/N-ethyl adjacent to an activating group) is 1. The molecule has 0 N–H and O–H groups in total. The number of anilines is 1. The van der Waals surface area contributed by atoms with Crippen LogP contribution in [0.5, 0.6) is 11.5 Å². The number of carbonyl (C=O) groups is 2. The minimum Gasteiger partial charge on any atom is -0.477 e. The van der Waals surface area contributed by atoms with E-state index in [0.717, 1.165) is 39.3 Å². The van der Waals surface area contributed by atoms with E-state index in [1.54, 1.807) is 4.90 Å². The van der Waals surface area contributed by atoms with Crippen LogP contribution in [0.1, 0.15) is 74.6 Å². The number of ether oxygens (including phenoxy) is 2. The Morgan fingerprint density at radius 2 is 1.74 bits per heavy atom. The first-order valence-corrected chi connectivity index (χ1v) is 12.0. The summed E-state index contributed by atoms with van der Waals surface area (Å²) in [5.74, 6) is 1.60. The van der Waals surface area contributed by atoms with Crippen molar-refractivity contribution in [3.8, 4) is 11.5 Å². The molecule has 1 aliphatic rings. The molecule has 1 aromatic carbocycles. The molecule has 0 aliphatic carbocycles. The number of rotatable bonds is 4. The van der Waals surface area contributed by atoms with E-state index in [9.17, 15) is 9.59 Å². The highest BCUT2D eigenvalue weighted by atomic mass is 16.5. The van der Waals surface area contributed by atoms with E-state index in [4.69, 9.17) is 9.47 Å². The van der Waals surface area contributed by atoms with E-state index in [1.165, 1.54) is 0 Å². The molecule has 1 unspecified atom stereocenters. The van der Waals surface area contributed by atoms with Crippen LogP contribution in [0.4, 0.5) is 5.82 Å². The Morgan fingerprint density at radius 1 is 1.09 bits per heavy atom. The number of benzene rings is 1. The molecule has 1 aliphatic heterocycles. The first-order chi connectivity index (χ1) is 15.7. The van der Waals surface area contributed by atoms with E-state index in [1.807, 2.05) is 81.4 Å². The van der Waals surface area contributed by atoms with Crippen LogP contribution in [-0.4, -0.2) is 29.0 Å². The zero-order valence-electron chi connectivity index (χ0n) is 22.3. The summed E-state index contributed by atoms with van der Waals surface area (Å²) in [6, 6.07) is 3.93. The third-order valence-corrected chi connectivity index (χ3v) is 6.67. The van der Waals surface area contributed by atoms with Gasteiger partial charge in [0.1, 0.15) is 17.3 Å². The van der Waals surface area contributed by atoms with Crippen molar-refractivity contribution in [2.24, 2.45) is 5.41 Å². The minimum atomic E-state index is -1.02. The van der Waals surface area contributed by atoms with Crippen molar-refractivity contribution in [2.75, 3.05) is 11.4 Å². The van der Waals surface area contributed by atoms with Gasteiger partial charge in [-0.05, 0) is 110 Å². The summed E-state index contributed by atoms with van der Waals surface area (Å²) in [7, 11) is 0. The maximum absolute atomic E-state index is 13.8. The van der Waals surface area contributed by atoms with Crippen molar-refractivity contribution < 1.29 is 19.1 Å². The van der Waals surface area contributed by atoms with Gasteiger partial charge in [-0.1, -0.05) is 0 Å². The second-order valence-electron chi connectivity index (χ2n) is 10.7. The number of fused-ring (bicyclic) bond motifs is 1. The maximum atomic E-state index is 13.8. The molecule has 0 spiro atoms. The molecular weight excluding hydrogens is 428 g/mol. The van der Waals surface area contributed by atoms with Gasteiger partial charge in [0, 0.05) is 24.2 Å². The van der Waals surface area contributed by atoms with Crippen molar-refractivity contribution in [3.05, 3.63) is 45.6 Å². The van der Waals surface area contributed by atoms with E-state index < -0.39 is 11.0 Å². The first kappa shape index (κ1) is 25.7. The van der Waals surface area contributed by atoms with Gasteiger partial charge in [0.15, 0.2) is 5.60 Å². The number of nitrogens with zero attached hydrogens (tertiary/aromatic N) is 2. The molecular formula is C28H38N2O4. The summed E-state index contributed by atoms with van der Waals surface area (Å²) in [5.41, 5.74) is 3.96. The highest BCUT2D eigenvalue weighted by Gasteiger charge is 2.44. The van der Waals surface area contributed by atoms with E-state index >= 15 is 0 Å². The summed E-state index contributed by atoms with van der Waals surface area (Å²) >= 11 is 0. The van der Waals surface area contributed by atoms with Crippen molar-refractivity contribution in [2.45, 2.75) is 87.7 Å². The third kappa shape index (κ3) is 4.68. The standard InChI is InChI=1S/C28H38N2O4/c1-11-30(22-15-16(2)14-17(3)29-22)25(31)28(10)13-12-21-20(6)23(33-26(32)27(7,8)9)18(4)19(5)24(21)34-28/h14-15H,11-13H2,1-10H3. The predicted octanol–water partition coefficient (Wildman–Crippen LogP) is 5.71. The molecule has 3 rings (SSSR count). The van der Waals surface area contributed by atoms with E-state index in [0.29, 0.717) is 31.0 Å². The van der Waals surface area contributed by atoms with Crippen LogP contribution in [0, 0.1) is 40.0 Å². The lowest BCUT2D eigenvalue weighted by molar-refractivity contribution is -0.143. The summed E-state index contributed by atoms with van der Waals surface area (Å²) in [6.07, 6.45) is 1.18. The molecule has 0 saturated heterocycles. The Hall–Kier alpha value is -2.89. The Labute approximate surface area is 203 Å². The molecule has 6 nitrogen and oxygen atoms in total. The average Bonchev–Trinajstić information content (AvgIpc) is 2.74. The zero-order valence-corrected chi connectivity index (χ0v) is 22.3. The molecule has 0 saturated carbocycles. The Morgan fingerprint density at radius 3 is 2.29 bits per heavy atom. The molecule has 1 aromatic heterocycles. The van der Waals surface area contributed by atoms with Crippen LogP contribution in [0.2, 0.25) is 0 Å². The van der Waals surface area contributed by atoms with Crippen LogP contribution >= 0.6 is 0 Å². The molecule has 6 heteroatoms. The van der Waals surface area contributed by atoms with Crippen LogP contribution in [0.3, 0.4) is 0 Å². The maximum Gasteiger partial charge on any atom is 0.316 e. The Bertz CT molecular complexity index is 1130. The lowest BCUT2D eigenvalue weighted by Gasteiger charge is -2.39. The average molecular weight is 467 g/mol. The lowest BCUT2D eigenvalue weighted by atomic mass is 9.86. The SMILES string of the molecule is CCN(C(=O)C1(C)CCc2c(C)c(OC(=O)C(C)(C)C)c(C)c(C)c2O1)c1cc(C)cc(C)n1. The second-order valence-corrected chi connectivity index (χ2v) is 10.7. The highest BCUT2D eigenvalue weighted by Crippen LogP contribution is 2.44. The summed E-state index contributed by atoms with van der Waals surface area (Å²) in [4.78, 5) is 32.7. The lowest BCUT2D eigenvalue weighted by Crippen LogP contribution is -2.53. The summed E-state index contributed by atoms with van der Waals surface area (Å²) < 4.78 is 12.4. The number of esters is 1. The predicted molar refractivity (Wildman–Crippen MR) is 135 cm³/mol. The van der Waals surface area contributed by atoms with Gasteiger partial charge >= 0.3 is 5.97 Å². The summed E-state index contributed by atoms with van der Waals surface area (Å²) in [6.45, 7) is 19.6. The van der Waals surface area contributed by atoms with Crippen molar-refractivity contribution in [3.63, 3.8) is 0 Å². The number of aryl methyl sites for hydroxylation is 2. The Balaban J connectivity index is 1.99. The van der Waals surface area contributed by atoms with E-state index in [2.05, 4.69) is 4.98 Å². The van der Waals surface area contributed by atoms with Crippen LogP contribution < -0.4 is 14.4 Å². The number of aromatic nitrogens is 1. The number of pyridine rings is 1. The fraction of sp³-hybridized carbons (Fsp3) is 0.536. The van der Waals surface area contributed by atoms with Gasteiger partial charge in [-0.15, -0.1) is 0 Å². The zero-order chi connectivity index (χ0) is 25.6. The van der Waals surface area contributed by atoms with Crippen molar-refractivity contribution in [1.29, 1.82) is 0 Å². The highest BCUT2D eigenvalue weighted by molar-refractivity contribution is 5.99. The topological polar surface area (TPSA) is 68.7 Å². The molecule has 2 heterocycles. The fourth-order valence-corrected chi connectivity index (χ4v) is 4.44. The number of amides is 1. The molecule has 0 fully saturated rings. The van der Waals surface area contributed by atoms with Gasteiger partial charge in [0.25, 0.3) is 5.91 Å². The van der Waals surface area contributed by atoms with Gasteiger partial charge in [-0.3, -0.25) is 14.5 Å². The normalized spacial score (nSPS) is 17.6. The molecule has 2 aromatic rings. The van der Waals surface area contributed by atoms with Gasteiger partial charge in [0.2, 0.25) is 0 Å². The largest absolute Gasteiger partial charge is 0.477 e. The molecule has 0 bridgehead atoms. The van der Waals surface area contributed by atoms with Gasteiger partial charge in [-0.2, -0.15) is 0 Å². The third-order valence-electron chi connectivity index (χ3n) is 6.67. The first-order valence-electron chi connectivity index (χ1n) is 12.0. The van der Waals surface area contributed by atoms with Crippen molar-refractivity contribution in [1.82, 2.24) is 4.98 Å². The van der Waals surface area contributed by atoms with Crippen molar-refractivity contribution >= 4 is 17.7 Å². The minimum absolute atomic E-state index is 0.101. The molecule has 184 valence electrons. The monoisotopic (exact) mass is 466 g/mol. The second kappa shape index (κ2) is 9.05. The number of carbonyl (C=O) groups excluding carboxylic acids is 2. The smallest absolute Gasteiger partial charge is 0.316 e. The molecule has 34 heavy (non-hydrogen) atoms. The molecule has 1 atom stereocenters. The Kier molecular flexibility index (Phi) is 6.84. The van der Waals surface area contributed by atoms with Gasteiger partial charge in [0.05, 0.1) is 5.41 Å². The van der Waals surface area contributed by atoms with Gasteiger partial charge < -0.3 is 9.47 Å². The van der Waals surface area contributed by atoms with Crippen LogP contribution in [0.25, 0.3) is 0 Å². The summed E-state index contributed by atoms with van der Waals surface area (Å²) in [5, 5.41) is 0. The fourth-order valence-electron chi connectivity index (χ4n) is 4.44. The number of hydrogen-bond acceptors (Lipinski definition) is 5. The molecule has 1 amide bonds. The van der Waals surface area contributed by atoms with Crippen LogP contribution in [0.15, 0.2) is 12.1 Å². The van der Waals surface area contributed by atoms with Crippen LogP contribution in [-0.2, 0) is 16.0 Å².